The van der Waals surface area contributed by atoms with Crippen molar-refractivity contribution in [3.63, 3.8) is 0 Å². The molecule has 0 saturated carbocycles. The van der Waals surface area contributed by atoms with Crippen molar-refractivity contribution in [2.75, 3.05) is 0 Å². The van der Waals surface area contributed by atoms with E-state index in [1.165, 1.54) is 6.07 Å². The van der Waals surface area contributed by atoms with Crippen LogP contribution in [0, 0.1) is 102 Å². The average Bonchev–Trinajstić information content (AvgIpc) is 3.61. The predicted octanol–water partition coefficient (Wildman–Crippen LogP) is 8.49. The molecule has 0 bridgehead atoms. The molecule has 0 spiro atoms. The van der Waals surface area contributed by atoms with Gasteiger partial charge in [-0.05, 0) is 59.4 Å². The molecule has 230 valence electrons. The molecule has 0 unspecified atom stereocenters. The lowest BCUT2D eigenvalue weighted by molar-refractivity contribution is -0.137. The van der Waals surface area contributed by atoms with E-state index in [9.17, 15) is 44.7 Å². The van der Waals surface area contributed by atoms with Crippen LogP contribution in [-0.4, -0.2) is 0 Å². The smallest absolute Gasteiger partial charge is 0.237 e. The number of benzene rings is 3. The molecule has 9 nitrogen and oxygen atoms in total. The van der Waals surface area contributed by atoms with Crippen LogP contribution in [0.4, 0.5) is 13.2 Å². The minimum atomic E-state index is -4.93. The average molecular weight is 652 g/mol. The molecule has 0 radical (unpaired) electrons. The molecule has 0 aliphatic heterocycles. The standard InChI is InChI=1S/C38H12F3N9/c1-18-8-19(2)10-21(9-18)30-36(28(17-47)49-4)33-25(15-45)32-31(24(14-44)34(33)37(30)50-5)23(13-43)29(35(32)27(16-46)48-3)20-6-7-26(38(39,40)41)22(11-20)12-42/h6-11H,1-2H3/b35-27-,36-28+. The molecule has 0 amide bonds. The van der Waals surface area contributed by atoms with Gasteiger partial charge >= 0.3 is 6.18 Å². The lowest BCUT2D eigenvalue weighted by Crippen LogP contribution is -2.08. The van der Waals surface area contributed by atoms with Gasteiger partial charge in [0.15, 0.2) is 0 Å². The zero-order valence-electron chi connectivity index (χ0n) is 25.6. The molecule has 0 saturated heterocycles. The van der Waals surface area contributed by atoms with E-state index in [0.717, 1.165) is 23.3 Å². The van der Waals surface area contributed by atoms with Gasteiger partial charge in [-0.25, -0.2) is 25.1 Å². The number of alkyl halides is 3. The Morgan fingerprint density at radius 2 is 1.18 bits per heavy atom. The van der Waals surface area contributed by atoms with Gasteiger partial charge in [-0.2, -0.15) is 34.2 Å². The van der Waals surface area contributed by atoms with Gasteiger partial charge in [0, 0.05) is 22.3 Å². The van der Waals surface area contributed by atoms with Crippen molar-refractivity contribution in [3.05, 3.63) is 149 Å². The molecule has 2 aliphatic rings. The van der Waals surface area contributed by atoms with E-state index >= 15 is 0 Å². The summed E-state index contributed by atoms with van der Waals surface area (Å²) < 4.78 is 41.2. The number of allylic oxidation sites excluding steroid dienone is 7. The monoisotopic (exact) mass is 651 g/mol. The largest absolute Gasteiger partial charge is 0.417 e. The first-order chi connectivity index (χ1) is 23.9. The van der Waals surface area contributed by atoms with Gasteiger partial charge in [0.05, 0.1) is 71.8 Å². The Hall–Kier alpha value is -8.18. The van der Waals surface area contributed by atoms with E-state index in [-0.39, 0.29) is 66.9 Å². The predicted molar refractivity (Wildman–Crippen MR) is 172 cm³/mol. The maximum Gasteiger partial charge on any atom is 0.417 e. The third kappa shape index (κ3) is 4.71. The number of hydrogen-bond acceptors (Lipinski definition) is 6. The number of nitrogens with zero attached hydrogens (tertiary/aromatic N) is 9. The minimum Gasteiger partial charge on any atom is -0.237 e. The number of aryl methyl sites for hydroxylation is 2. The molecule has 0 aromatic heterocycles. The van der Waals surface area contributed by atoms with Crippen molar-refractivity contribution >= 4 is 33.6 Å². The lowest BCUT2D eigenvalue weighted by Gasteiger charge is -2.17. The van der Waals surface area contributed by atoms with Crippen molar-refractivity contribution in [1.82, 2.24) is 0 Å². The van der Waals surface area contributed by atoms with Gasteiger partial charge in [-0.1, -0.05) is 35.4 Å². The molecule has 0 atom stereocenters. The number of nitriles is 6. The molecule has 5 rings (SSSR count). The summed E-state index contributed by atoms with van der Waals surface area (Å²) in [5, 5.41) is 61.9. The van der Waals surface area contributed by atoms with Gasteiger partial charge in [0.25, 0.3) is 11.4 Å². The van der Waals surface area contributed by atoms with Crippen molar-refractivity contribution in [2.24, 2.45) is 0 Å². The van der Waals surface area contributed by atoms with E-state index in [0.29, 0.717) is 11.6 Å². The Morgan fingerprint density at radius 1 is 0.640 bits per heavy atom. The van der Waals surface area contributed by atoms with Crippen LogP contribution in [0.3, 0.4) is 0 Å². The van der Waals surface area contributed by atoms with Crippen LogP contribution in [-0.2, 0) is 6.18 Å². The third-order valence-electron chi connectivity index (χ3n) is 8.07. The highest BCUT2D eigenvalue weighted by molar-refractivity contribution is 6.31. The highest BCUT2D eigenvalue weighted by Gasteiger charge is 2.43. The summed E-state index contributed by atoms with van der Waals surface area (Å²) in [5.74, 6) is 0. The number of rotatable bonds is 2. The first-order valence-corrected chi connectivity index (χ1v) is 14.0. The van der Waals surface area contributed by atoms with Gasteiger partial charge in [0.1, 0.15) is 12.1 Å². The summed E-state index contributed by atoms with van der Waals surface area (Å²) in [6.07, 6.45) is -4.93. The van der Waals surface area contributed by atoms with E-state index in [4.69, 9.17) is 19.7 Å². The minimum absolute atomic E-state index is 0.0753. The van der Waals surface area contributed by atoms with Gasteiger partial charge in [-0.3, -0.25) is 0 Å². The molecule has 3 aromatic rings. The number of hydrogen-bond donors (Lipinski definition) is 0. The molecular formula is C38H12F3N9. The zero-order valence-corrected chi connectivity index (χ0v) is 25.6. The third-order valence-corrected chi connectivity index (χ3v) is 8.07. The SMILES string of the molecule is [C-]#[N+]C1=C(c2cc(C)cc(C)c2)/C(=C(/C#N)[N+]#[C-])c2c(C#N)c3c(c(C#N)c21)C(C#N)=C(c1ccc(C(F)(F)F)c(C#N)c1)/C3=C(\C#N)[N+]#[C-]. The van der Waals surface area contributed by atoms with Gasteiger partial charge < -0.3 is 0 Å². The summed E-state index contributed by atoms with van der Waals surface area (Å²) in [6.45, 7) is 27.4. The maximum atomic E-state index is 13.7. The summed E-state index contributed by atoms with van der Waals surface area (Å²) in [4.78, 5) is 10.3. The molecule has 0 N–H and O–H groups in total. The number of halogens is 3. The second-order valence-corrected chi connectivity index (χ2v) is 10.8. The molecule has 12 heteroatoms. The quantitative estimate of drug-likeness (QED) is 0.200. The molecule has 0 heterocycles. The molecule has 50 heavy (non-hydrogen) atoms. The Bertz CT molecular complexity index is 2640. The molecule has 2 aliphatic carbocycles. The van der Waals surface area contributed by atoms with Crippen LogP contribution in [0.2, 0.25) is 0 Å². The van der Waals surface area contributed by atoms with Gasteiger partial charge in [-0.15, -0.1) is 0 Å². The van der Waals surface area contributed by atoms with Crippen LogP contribution in [0.1, 0.15) is 66.8 Å². The summed E-state index contributed by atoms with van der Waals surface area (Å²) in [6, 6.07) is 18.4. The molecule has 0 fully saturated rings. The second kappa shape index (κ2) is 12.2. The summed E-state index contributed by atoms with van der Waals surface area (Å²) >= 11 is 0. The van der Waals surface area contributed by atoms with Crippen LogP contribution >= 0.6 is 0 Å². The summed E-state index contributed by atoms with van der Waals surface area (Å²) in [7, 11) is 0. The van der Waals surface area contributed by atoms with Gasteiger partial charge in [0.2, 0.25) is 5.70 Å². The first kappa shape index (κ1) is 33.2. The van der Waals surface area contributed by atoms with Crippen molar-refractivity contribution in [1.29, 1.82) is 31.6 Å². The highest BCUT2D eigenvalue weighted by Crippen LogP contribution is 2.58. The fourth-order valence-electron chi connectivity index (χ4n) is 6.40. The second-order valence-electron chi connectivity index (χ2n) is 10.8. The molecular weight excluding hydrogens is 639 g/mol. The van der Waals surface area contributed by atoms with Crippen molar-refractivity contribution < 1.29 is 13.2 Å². The Labute approximate surface area is 283 Å². The normalized spacial score (nSPS) is 14.6. The molecule has 3 aromatic carbocycles. The van der Waals surface area contributed by atoms with Crippen LogP contribution in [0.5, 0.6) is 0 Å². The topological polar surface area (TPSA) is 156 Å². The lowest BCUT2D eigenvalue weighted by atomic mass is 9.83. The zero-order chi connectivity index (χ0) is 36.7. The van der Waals surface area contributed by atoms with Crippen LogP contribution in [0.25, 0.3) is 48.1 Å². The first-order valence-electron chi connectivity index (χ1n) is 14.0. The van der Waals surface area contributed by atoms with Crippen LogP contribution in [0.15, 0.2) is 47.8 Å². The van der Waals surface area contributed by atoms with E-state index in [2.05, 4.69) is 14.5 Å². The Kier molecular flexibility index (Phi) is 8.10. The number of fused-ring (bicyclic) bond motifs is 2. The van der Waals surface area contributed by atoms with Crippen molar-refractivity contribution in [3.8, 4) is 36.4 Å². The maximum absolute atomic E-state index is 13.7. The fourth-order valence-corrected chi connectivity index (χ4v) is 6.40. The van der Waals surface area contributed by atoms with E-state index in [1.54, 1.807) is 38.1 Å². The van der Waals surface area contributed by atoms with Crippen molar-refractivity contribution in [2.45, 2.75) is 20.0 Å². The Morgan fingerprint density at radius 3 is 1.64 bits per heavy atom. The highest BCUT2D eigenvalue weighted by atomic mass is 19.4. The summed E-state index contributed by atoms with van der Waals surface area (Å²) in [5.41, 5.74) is -4.69. The van der Waals surface area contributed by atoms with E-state index < -0.39 is 34.3 Å². The van der Waals surface area contributed by atoms with E-state index in [1.807, 2.05) is 24.3 Å². The Balaban J connectivity index is 2.10. The fraction of sp³-hybridized carbons (Fsp3) is 0.0789. The van der Waals surface area contributed by atoms with Crippen LogP contribution < -0.4 is 0 Å².